The van der Waals surface area contributed by atoms with E-state index >= 15 is 0 Å². The van der Waals surface area contributed by atoms with Gasteiger partial charge in [0.15, 0.2) is 0 Å². The minimum Gasteiger partial charge on any atom is -0.478 e. The molecule has 0 saturated heterocycles. The van der Waals surface area contributed by atoms with Gasteiger partial charge >= 0.3 is 5.97 Å². The normalized spacial score (nSPS) is 11.1. The molecule has 0 spiro atoms. The molecule has 21 heavy (non-hydrogen) atoms. The lowest BCUT2D eigenvalue weighted by molar-refractivity contribution is 0.0697. The highest BCUT2D eigenvalue weighted by molar-refractivity contribution is 7.92. The Bertz CT molecular complexity index is 789. The maximum absolute atomic E-state index is 12.1. The Hall–Kier alpha value is -2.05. The summed E-state index contributed by atoms with van der Waals surface area (Å²) in [6.45, 7) is 0. The molecule has 5 nitrogen and oxygen atoms in total. The number of hydrogen-bond acceptors (Lipinski definition) is 3. The maximum Gasteiger partial charge on any atom is 0.335 e. The van der Waals surface area contributed by atoms with Gasteiger partial charge in [0, 0.05) is 5.02 Å². The SMILES string of the molecule is CS(=O)(=O)N(c1cccc(Cl)c1)c1cccc(C(=O)O)c1. The summed E-state index contributed by atoms with van der Waals surface area (Å²) in [5.41, 5.74) is 0.579. The van der Waals surface area contributed by atoms with E-state index in [0.29, 0.717) is 10.7 Å². The van der Waals surface area contributed by atoms with Crippen molar-refractivity contribution < 1.29 is 18.3 Å². The lowest BCUT2D eigenvalue weighted by Crippen LogP contribution is -2.24. The van der Waals surface area contributed by atoms with Crippen LogP contribution in [-0.2, 0) is 10.0 Å². The van der Waals surface area contributed by atoms with Crippen molar-refractivity contribution in [3.63, 3.8) is 0 Å². The third kappa shape index (κ3) is 3.53. The molecule has 0 aromatic heterocycles. The quantitative estimate of drug-likeness (QED) is 0.937. The Balaban J connectivity index is 2.62. The van der Waals surface area contributed by atoms with Crippen molar-refractivity contribution in [2.45, 2.75) is 0 Å². The average Bonchev–Trinajstić information content (AvgIpc) is 2.37. The number of nitrogens with zero attached hydrogens (tertiary/aromatic N) is 1. The minimum absolute atomic E-state index is 0.00294. The van der Waals surface area contributed by atoms with Crippen molar-refractivity contribution in [3.05, 3.63) is 59.1 Å². The zero-order valence-electron chi connectivity index (χ0n) is 11.0. The van der Waals surface area contributed by atoms with Gasteiger partial charge < -0.3 is 5.11 Å². The van der Waals surface area contributed by atoms with Crippen LogP contribution in [0.2, 0.25) is 5.02 Å². The Morgan fingerprint density at radius 1 is 1.10 bits per heavy atom. The van der Waals surface area contributed by atoms with E-state index in [4.69, 9.17) is 16.7 Å². The molecule has 0 saturated carbocycles. The molecular formula is C14H12ClNO4S. The standard InChI is InChI=1S/C14H12ClNO4S/c1-21(19,20)16(13-7-3-5-11(15)9-13)12-6-2-4-10(8-12)14(17)18/h2-9H,1H3,(H,17,18). The van der Waals surface area contributed by atoms with E-state index in [9.17, 15) is 13.2 Å². The lowest BCUT2D eigenvalue weighted by Gasteiger charge is -2.23. The molecule has 0 aliphatic carbocycles. The van der Waals surface area contributed by atoms with E-state index in [2.05, 4.69) is 0 Å². The number of carbonyl (C=O) groups is 1. The molecule has 7 heteroatoms. The minimum atomic E-state index is -3.65. The fourth-order valence-corrected chi connectivity index (χ4v) is 3.08. The second-order valence-electron chi connectivity index (χ2n) is 4.36. The predicted molar refractivity (Wildman–Crippen MR) is 81.8 cm³/mol. The number of aromatic carboxylic acids is 1. The highest BCUT2D eigenvalue weighted by atomic mass is 35.5. The molecule has 0 aliphatic rings. The van der Waals surface area contributed by atoms with Crippen LogP contribution in [0.15, 0.2) is 48.5 Å². The third-order valence-electron chi connectivity index (χ3n) is 2.70. The van der Waals surface area contributed by atoms with Crippen LogP contribution < -0.4 is 4.31 Å². The van der Waals surface area contributed by atoms with Gasteiger partial charge in [0.05, 0.1) is 23.2 Å². The molecular weight excluding hydrogens is 314 g/mol. The highest BCUT2D eigenvalue weighted by Gasteiger charge is 2.21. The summed E-state index contributed by atoms with van der Waals surface area (Å²) >= 11 is 5.89. The van der Waals surface area contributed by atoms with Gasteiger partial charge in [0.25, 0.3) is 0 Å². The van der Waals surface area contributed by atoms with Crippen LogP contribution in [-0.4, -0.2) is 25.7 Å². The molecule has 0 radical (unpaired) electrons. The smallest absolute Gasteiger partial charge is 0.335 e. The average molecular weight is 326 g/mol. The van der Waals surface area contributed by atoms with E-state index in [-0.39, 0.29) is 11.3 Å². The predicted octanol–water partition coefficient (Wildman–Crippen LogP) is 3.14. The molecule has 2 rings (SSSR count). The molecule has 2 aromatic carbocycles. The molecule has 0 unspecified atom stereocenters. The Morgan fingerprint density at radius 3 is 2.19 bits per heavy atom. The Labute approximate surface area is 127 Å². The van der Waals surface area contributed by atoms with E-state index in [1.807, 2.05) is 0 Å². The second kappa shape index (κ2) is 5.75. The van der Waals surface area contributed by atoms with Crippen LogP contribution in [0, 0.1) is 0 Å². The number of carboxylic acid groups (broad SMARTS) is 1. The summed E-state index contributed by atoms with van der Waals surface area (Å²) in [5.74, 6) is -1.13. The summed E-state index contributed by atoms with van der Waals surface area (Å²) in [7, 11) is -3.65. The van der Waals surface area contributed by atoms with Crippen molar-refractivity contribution in [1.82, 2.24) is 0 Å². The van der Waals surface area contributed by atoms with Crippen molar-refractivity contribution in [2.75, 3.05) is 10.6 Å². The zero-order valence-corrected chi connectivity index (χ0v) is 12.6. The lowest BCUT2D eigenvalue weighted by atomic mass is 10.2. The van der Waals surface area contributed by atoms with Gasteiger partial charge in [-0.15, -0.1) is 0 Å². The van der Waals surface area contributed by atoms with E-state index in [0.717, 1.165) is 10.6 Å². The summed E-state index contributed by atoms with van der Waals surface area (Å²) in [6, 6.07) is 12.0. The van der Waals surface area contributed by atoms with Crippen molar-refractivity contribution in [3.8, 4) is 0 Å². The molecule has 0 bridgehead atoms. The first-order valence-corrected chi connectivity index (χ1v) is 8.11. The summed E-state index contributed by atoms with van der Waals surface area (Å²) in [5, 5.41) is 9.40. The van der Waals surface area contributed by atoms with Crippen molar-refractivity contribution in [1.29, 1.82) is 0 Å². The van der Waals surface area contributed by atoms with Crippen molar-refractivity contribution in [2.24, 2.45) is 0 Å². The Morgan fingerprint density at radius 2 is 1.67 bits per heavy atom. The van der Waals surface area contributed by atoms with Crippen LogP contribution in [0.4, 0.5) is 11.4 Å². The first-order valence-electron chi connectivity index (χ1n) is 5.88. The molecule has 110 valence electrons. The number of sulfonamides is 1. The largest absolute Gasteiger partial charge is 0.478 e. The van der Waals surface area contributed by atoms with Crippen LogP contribution in [0.25, 0.3) is 0 Å². The number of anilines is 2. The van der Waals surface area contributed by atoms with Crippen LogP contribution in [0.5, 0.6) is 0 Å². The summed E-state index contributed by atoms with van der Waals surface area (Å²) in [6.07, 6.45) is 1.04. The molecule has 0 heterocycles. The number of hydrogen-bond donors (Lipinski definition) is 1. The van der Waals surface area contributed by atoms with E-state index in [1.165, 1.54) is 30.3 Å². The van der Waals surface area contributed by atoms with Gasteiger partial charge in [0.1, 0.15) is 0 Å². The number of rotatable bonds is 4. The highest BCUT2D eigenvalue weighted by Crippen LogP contribution is 2.30. The molecule has 0 aliphatic heterocycles. The monoisotopic (exact) mass is 325 g/mol. The van der Waals surface area contributed by atoms with Crippen LogP contribution in [0.3, 0.4) is 0 Å². The summed E-state index contributed by atoms with van der Waals surface area (Å²) < 4.78 is 25.2. The van der Waals surface area contributed by atoms with Gasteiger partial charge in [-0.3, -0.25) is 0 Å². The van der Waals surface area contributed by atoms with Gasteiger partial charge in [-0.2, -0.15) is 0 Å². The van der Waals surface area contributed by atoms with E-state index in [1.54, 1.807) is 18.2 Å². The van der Waals surface area contributed by atoms with Gasteiger partial charge in [-0.1, -0.05) is 23.7 Å². The molecule has 0 atom stereocenters. The Kier molecular flexibility index (Phi) is 4.20. The molecule has 1 N–H and O–H groups in total. The van der Waals surface area contributed by atoms with Crippen LogP contribution >= 0.6 is 11.6 Å². The molecule has 0 fully saturated rings. The van der Waals surface area contributed by atoms with Gasteiger partial charge in [-0.25, -0.2) is 17.5 Å². The van der Waals surface area contributed by atoms with E-state index < -0.39 is 16.0 Å². The first-order chi connectivity index (χ1) is 9.79. The first kappa shape index (κ1) is 15.3. The van der Waals surface area contributed by atoms with Crippen molar-refractivity contribution >= 4 is 39.0 Å². The second-order valence-corrected chi connectivity index (χ2v) is 6.63. The summed E-state index contributed by atoms with van der Waals surface area (Å²) in [4.78, 5) is 11.0. The molecule has 2 aromatic rings. The number of benzene rings is 2. The molecule has 0 amide bonds. The number of halogens is 1. The number of carboxylic acids is 1. The fourth-order valence-electron chi connectivity index (χ4n) is 1.90. The zero-order chi connectivity index (χ0) is 15.6. The van der Waals surface area contributed by atoms with Gasteiger partial charge in [0.2, 0.25) is 10.0 Å². The maximum atomic E-state index is 12.1. The van der Waals surface area contributed by atoms with Gasteiger partial charge in [-0.05, 0) is 36.4 Å². The fraction of sp³-hybridized carbons (Fsp3) is 0.0714. The third-order valence-corrected chi connectivity index (χ3v) is 4.02. The van der Waals surface area contributed by atoms with Crippen LogP contribution in [0.1, 0.15) is 10.4 Å². The topological polar surface area (TPSA) is 74.7 Å².